The first-order valence-corrected chi connectivity index (χ1v) is 27.2. The second kappa shape index (κ2) is 17.2. The molecule has 0 saturated carbocycles. The van der Waals surface area contributed by atoms with Crippen molar-refractivity contribution in [3.8, 4) is 44.5 Å². The molecular formula is C70H54F10N2. The Morgan fingerprint density at radius 1 is 0.268 bits per heavy atom. The van der Waals surface area contributed by atoms with Crippen LogP contribution in [0.2, 0.25) is 0 Å². The van der Waals surface area contributed by atoms with Crippen molar-refractivity contribution in [2.24, 2.45) is 0 Å². The molecular weight excluding hydrogens is 1060 g/mol. The third-order valence-corrected chi connectivity index (χ3v) is 16.9. The van der Waals surface area contributed by atoms with Crippen molar-refractivity contribution >= 4 is 76.2 Å². The summed E-state index contributed by atoms with van der Waals surface area (Å²) in [7, 11) is 0. The van der Waals surface area contributed by atoms with Crippen molar-refractivity contribution in [2.75, 3.05) is 0 Å². The lowest BCUT2D eigenvalue weighted by molar-refractivity contribution is 0.381. The molecule has 82 heavy (non-hydrogen) atoms. The van der Waals surface area contributed by atoms with E-state index in [1.807, 2.05) is 45.2 Å². The van der Waals surface area contributed by atoms with E-state index in [4.69, 9.17) is 0 Å². The lowest BCUT2D eigenvalue weighted by Gasteiger charge is -2.26. The summed E-state index contributed by atoms with van der Waals surface area (Å²) in [5, 5.41) is 5.35. The summed E-state index contributed by atoms with van der Waals surface area (Å²) < 4.78 is 158. The van der Waals surface area contributed by atoms with E-state index in [1.54, 1.807) is 12.1 Å². The van der Waals surface area contributed by atoms with E-state index in [0.29, 0.717) is 65.4 Å². The fourth-order valence-electron chi connectivity index (χ4n) is 12.5. The number of aromatic nitrogens is 2. The molecule has 0 unspecified atom stereocenters. The Kier molecular flexibility index (Phi) is 11.2. The second-order valence-electron chi connectivity index (χ2n) is 26.2. The van der Waals surface area contributed by atoms with E-state index in [1.165, 1.54) is 24.3 Å². The highest BCUT2D eigenvalue weighted by Crippen LogP contribution is 2.55. The van der Waals surface area contributed by atoms with Gasteiger partial charge in [0.15, 0.2) is 46.5 Å². The molecule has 0 amide bonds. The summed E-state index contributed by atoms with van der Waals surface area (Å²) in [5.41, 5.74) is 6.99. The highest BCUT2D eigenvalue weighted by atomic mass is 19.2. The topological polar surface area (TPSA) is 8.82 Å². The van der Waals surface area contributed by atoms with E-state index in [2.05, 4.69) is 119 Å². The summed E-state index contributed by atoms with van der Waals surface area (Å²) in [6, 6.07) is 33.7. The number of fused-ring (bicyclic) bond motifs is 14. The number of rotatable bonds is 4. The molecule has 4 aromatic heterocycles. The number of benzene rings is 9. The van der Waals surface area contributed by atoms with Crippen LogP contribution in [-0.4, -0.2) is 8.80 Å². The van der Waals surface area contributed by atoms with Gasteiger partial charge in [0, 0.05) is 54.2 Å². The van der Waals surface area contributed by atoms with Crippen LogP contribution in [0, 0.1) is 58.2 Å². The lowest BCUT2D eigenvalue weighted by atomic mass is 9.78. The zero-order valence-corrected chi connectivity index (χ0v) is 47.1. The Hall–Kier alpha value is -8.12. The predicted octanol–water partition coefficient (Wildman–Crippen LogP) is 21.2. The maximum atomic E-state index is 16.0. The van der Waals surface area contributed by atoms with E-state index in [9.17, 15) is 8.78 Å². The Labute approximate surface area is 465 Å². The molecule has 0 bridgehead atoms. The first-order chi connectivity index (χ1) is 38.4. The van der Waals surface area contributed by atoms with Crippen LogP contribution >= 0.6 is 0 Å². The molecule has 0 radical (unpaired) electrons. The van der Waals surface area contributed by atoms with Crippen LogP contribution in [0.3, 0.4) is 0 Å². The van der Waals surface area contributed by atoms with E-state index < -0.39 is 69.3 Å². The highest BCUT2D eigenvalue weighted by Gasteiger charge is 2.35. The van der Waals surface area contributed by atoms with Gasteiger partial charge in [0.1, 0.15) is 0 Å². The summed E-state index contributed by atoms with van der Waals surface area (Å²) in [6.45, 7) is 25.6. The number of halogens is 10. The SMILES string of the molecule is CC(C)(C)c1cc(-c2cccc3c4c5c6ccc(-c7c(F)c(F)c(F)c(F)c7F)cc6n6c7c(-c8cc(C(C)(C)C)cc(C(C)(C)C)c8)cccc7c(c7c8ccc(-c9c(F)c(F)c(F)c(F)c9F)cc8n(c23)c74)c56)cc(C(C)(C)C)c1. The van der Waals surface area contributed by atoms with Crippen molar-refractivity contribution in [2.45, 2.75) is 105 Å². The predicted molar refractivity (Wildman–Crippen MR) is 312 cm³/mol. The summed E-state index contributed by atoms with van der Waals surface area (Å²) in [4.78, 5) is 0. The van der Waals surface area contributed by atoms with E-state index in [-0.39, 0.29) is 32.8 Å². The minimum Gasteiger partial charge on any atom is -0.307 e. The number of hydrogen-bond acceptors (Lipinski definition) is 0. The molecule has 414 valence electrons. The van der Waals surface area contributed by atoms with E-state index in [0.717, 1.165) is 55.3 Å². The van der Waals surface area contributed by atoms with Crippen LogP contribution in [0.4, 0.5) is 43.9 Å². The van der Waals surface area contributed by atoms with Crippen molar-refractivity contribution in [3.63, 3.8) is 0 Å². The maximum absolute atomic E-state index is 16.0. The fraction of sp³-hybridized carbons (Fsp3) is 0.229. The lowest BCUT2D eigenvalue weighted by Crippen LogP contribution is -2.16. The van der Waals surface area contributed by atoms with Gasteiger partial charge in [-0.1, -0.05) is 180 Å². The van der Waals surface area contributed by atoms with Gasteiger partial charge in [-0.25, -0.2) is 43.9 Å². The Morgan fingerprint density at radius 3 is 0.841 bits per heavy atom. The van der Waals surface area contributed by atoms with Gasteiger partial charge in [-0.2, -0.15) is 0 Å². The van der Waals surface area contributed by atoms with Crippen LogP contribution in [-0.2, 0) is 21.7 Å². The van der Waals surface area contributed by atoms with Crippen molar-refractivity contribution in [3.05, 3.63) is 190 Å². The van der Waals surface area contributed by atoms with Gasteiger partial charge >= 0.3 is 0 Å². The number of nitrogens with zero attached hydrogens (tertiary/aromatic N) is 2. The van der Waals surface area contributed by atoms with Crippen LogP contribution < -0.4 is 0 Å². The van der Waals surface area contributed by atoms with Crippen LogP contribution in [0.25, 0.3) is 121 Å². The Balaban J connectivity index is 1.29. The molecule has 0 aliphatic rings. The minimum atomic E-state index is -2.28. The molecule has 0 spiro atoms. The van der Waals surface area contributed by atoms with Crippen LogP contribution in [0.1, 0.15) is 105 Å². The number of hydrogen-bond donors (Lipinski definition) is 0. The first-order valence-electron chi connectivity index (χ1n) is 27.2. The molecule has 0 atom stereocenters. The fourth-order valence-corrected chi connectivity index (χ4v) is 12.5. The molecule has 0 saturated heterocycles. The zero-order valence-electron chi connectivity index (χ0n) is 47.1. The molecule has 2 nitrogen and oxygen atoms in total. The Bertz CT molecular complexity index is 4520. The smallest absolute Gasteiger partial charge is 0.200 e. The van der Waals surface area contributed by atoms with Gasteiger partial charge < -0.3 is 8.80 Å². The zero-order chi connectivity index (χ0) is 58.7. The largest absolute Gasteiger partial charge is 0.307 e. The number of para-hydroxylation sites is 2. The average Bonchev–Trinajstić information content (AvgIpc) is 1.53. The summed E-state index contributed by atoms with van der Waals surface area (Å²) in [5.74, 6) is -20.8. The molecule has 13 rings (SSSR count). The Morgan fingerprint density at radius 2 is 0.549 bits per heavy atom. The second-order valence-corrected chi connectivity index (χ2v) is 26.2. The highest BCUT2D eigenvalue weighted by molar-refractivity contribution is 6.46. The molecule has 0 aliphatic heterocycles. The molecule has 0 N–H and O–H groups in total. The third-order valence-electron chi connectivity index (χ3n) is 16.9. The quantitative estimate of drug-likeness (QED) is 0.0943. The molecule has 12 heteroatoms. The molecule has 4 heterocycles. The standard InChI is InChI=1S/C70H54F10N2/c1-67(2,3)35-23-33(24-36(29-35)68(4,5)6)39-15-13-17-43-51-49-42-22-20-32(48-55(73)59(77)62(80)60(78)56(48)74)28-46(42)82-64-40(34-25-37(69(7,8)9)30-38(26-34)70(10,11)12)16-14-18-44(64)52(66(49)82)50-41-21-19-31(27-45(41)81(63(39)43)65(50)51)47-53(71)57(75)61(79)58(76)54(47)72/h13-30H,1-12H3. The van der Waals surface area contributed by atoms with Crippen LogP contribution in [0.5, 0.6) is 0 Å². The monoisotopic (exact) mass is 1110 g/mol. The molecule has 9 aromatic carbocycles. The van der Waals surface area contributed by atoms with Crippen molar-refractivity contribution in [1.29, 1.82) is 0 Å². The molecule has 13 aromatic rings. The van der Waals surface area contributed by atoms with Crippen LogP contribution in [0.15, 0.2) is 109 Å². The van der Waals surface area contributed by atoms with Gasteiger partial charge in [-0.05, 0) is 78.3 Å². The molecule has 0 aliphatic carbocycles. The maximum Gasteiger partial charge on any atom is 0.200 e. The minimum absolute atomic E-state index is 0.260. The van der Waals surface area contributed by atoms with Gasteiger partial charge in [-0.3, -0.25) is 0 Å². The summed E-state index contributed by atoms with van der Waals surface area (Å²) in [6.07, 6.45) is 0. The third kappa shape index (κ3) is 7.34. The normalized spacial score (nSPS) is 13.2. The van der Waals surface area contributed by atoms with Crippen molar-refractivity contribution < 1.29 is 43.9 Å². The van der Waals surface area contributed by atoms with Gasteiger partial charge in [0.05, 0.1) is 44.2 Å². The molecule has 0 fully saturated rings. The van der Waals surface area contributed by atoms with E-state index >= 15 is 35.1 Å². The average molecular weight is 1110 g/mol. The van der Waals surface area contributed by atoms with Gasteiger partial charge in [0.2, 0.25) is 11.6 Å². The van der Waals surface area contributed by atoms with Gasteiger partial charge in [0.25, 0.3) is 0 Å². The van der Waals surface area contributed by atoms with Gasteiger partial charge in [-0.15, -0.1) is 0 Å². The van der Waals surface area contributed by atoms with Crippen molar-refractivity contribution in [1.82, 2.24) is 8.80 Å². The summed E-state index contributed by atoms with van der Waals surface area (Å²) >= 11 is 0. The first kappa shape index (κ1) is 53.2.